The van der Waals surface area contributed by atoms with E-state index in [0.717, 1.165) is 18.7 Å². The first-order valence-electron chi connectivity index (χ1n) is 7.05. The molecule has 0 amide bonds. The number of benzene rings is 2. The average Bonchev–Trinajstić information content (AvgIpc) is 2.84. The van der Waals surface area contributed by atoms with Crippen LogP contribution in [0.25, 0.3) is 16.6 Å². The summed E-state index contributed by atoms with van der Waals surface area (Å²) in [6, 6.07) is 19.2. The lowest BCUT2D eigenvalue weighted by molar-refractivity contribution is 0.927. The van der Waals surface area contributed by atoms with Gasteiger partial charge in [0.2, 0.25) is 0 Å². The van der Waals surface area contributed by atoms with Crippen molar-refractivity contribution in [2.24, 2.45) is 4.99 Å². The number of aromatic nitrogens is 1. The molecule has 0 aliphatic carbocycles. The second kappa shape index (κ2) is 4.34. The van der Waals surface area contributed by atoms with Gasteiger partial charge in [0.25, 0.3) is 0 Å². The van der Waals surface area contributed by atoms with Crippen LogP contribution in [0.15, 0.2) is 59.6 Å². The van der Waals surface area contributed by atoms with Crippen LogP contribution in [-0.4, -0.2) is 16.8 Å². The van der Waals surface area contributed by atoms with Gasteiger partial charge in [-0.2, -0.15) is 0 Å². The van der Waals surface area contributed by atoms with Crippen LogP contribution >= 0.6 is 0 Å². The van der Waals surface area contributed by atoms with Gasteiger partial charge in [0, 0.05) is 17.6 Å². The fraction of sp³-hybridized carbons (Fsp3) is 0.167. The smallest absolute Gasteiger partial charge is 0.0708 e. The van der Waals surface area contributed by atoms with Gasteiger partial charge in [0.1, 0.15) is 0 Å². The number of hydrogen-bond donors (Lipinski definition) is 0. The Morgan fingerprint density at radius 1 is 0.950 bits per heavy atom. The largest absolute Gasteiger partial charge is 0.308 e. The number of hydrogen-bond acceptors (Lipinski definition) is 1. The van der Waals surface area contributed by atoms with Crippen molar-refractivity contribution in [1.82, 2.24) is 4.57 Å². The summed E-state index contributed by atoms with van der Waals surface area (Å²) < 4.78 is 2.35. The Bertz CT molecular complexity index is 810. The molecule has 98 valence electrons. The minimum atomic E-state index is 0.904. The highest BCUT2D eigenvalue weighted by Crippen LogP contribution is 2.32. The van der Waals surface area contributed by atoms with E-state index in [1.165, 1.54) is 27.8 Å². The molecule has 4 rings (SSSR count). The molecule has 0 unspecified atom stereocenters. The zero-order valence-corrected chi connectivity index (χ0v) is 11.5. The predicted molar refractivity (Wildman–Crippen MR) is 84.1 cm³/mol. The molecule has 0 bridgehead atoms. The van der Waals surface area contributed by atoms with Crippen molar-refractivity contribution >= 4 is 16.6 Å². The van der Waals surface area contributed by atoms with Crippen molar-refractivity contribution in [3.8, 4) is 5.69 Å². The van der Waals surface area contributed by atoms with Crippen LogP contribution in [0.1, 0.15) is 18.2 Å². The van der Waals surface area contributed by atoms with E-state index in [1.807, 2.05) is 0 Å². The van der Waals surface area contributed by atoms with Crippen molar-refractivity contribution in [2.75, 3.05) is 6.54 Å². The van der Waals surface area contributed by atoms with Crippen LogP contribution in [0.5, 0.6) is 0 Å². The average molecular weight is 260 g/mol. The summed E-state index contributed by atoms with van der Waals surface area (Å²) in [5, 5.41) is 1.36. The molecule has 0 N–H and O–H groups in total. The standard InChI is InChI=1S/C18H16N2/c1-13-18-16(11-12-19-13)15-9-5-6-10-17(15)20(18)14-7-3-2-4-8-14/h2-10H,11-12H2,1H3. The van der Waals surface area contributed by atoms with Crippen molar-refractivity contribution < 1.29 is 0 Å². The third-order valence-corrected chi connectivity index (χ3v) is 4.05. The third-order valence-electron chi connectivity index (χ3n) is 4.05. The van der Waals surface area contributed by atoms with E-state index in [9.17, 15) is 0 Å². The van der Waals surface area contributed by atoms with E-state index in [4.69, 9.17) is 0 Å². The molecule has 1 aromatic heterocycles. The fourth-order valence-corrected chi connectivity index (χ4v) is 3.20. The summed E-state index contributed by atoms with van der Waals surface area (Å²) in [7, 11) is 0. The first kappa shape index (κ1) is 11.5. The predicted octanol–water partition coefficient (Wildman–Crippen LogP) is 4.00. The molecule has 0 atom stereocenters. The molecule has 0 fully saturated rings. The SMILES string of the molecule is CC1=NCCc2c1n(-c1ccccc1)c1ccccc21. The molecular formula is C18H16N2. The summed E-state index contributed by atoms with van der Waals surface area (Å²) in [6.45, 7) is 3.03. The maximum absolute atomic E-state index is 4.65. The molecule has 2 heterocycles. The monoisotopic (exact) mass is 260 g/mol. The van der Waals surface area contributed by atoms with Gasteiger partial charge in [-0.15, -0.1) is 0 Å². The van der Waals surface area contributed by atoms with Gasteiger partial charge < -0.3 is 4.57 Å². The maximum atomic E-state index is 4.65. The van der Waals surface area contributed by atoms with Crippen LogP contribution in [-0.2, 0) is 6.42 Å². The highest BCUT2D eigenvalue weighted by molar-refractivity contribution is 6.06. The first-order valence-corrected chi connectivity index (χ1v) is 7.05. The molecule has 1 aliphatic heterocycles. The quantitative estimate of drug-likeness (QED) is 0.629. The van der Waals surface area contributed by atoms with Gasteiger partial charge in [-0.1, -0.05) is 36.4 Å². The minimum absolute atomic E-state index is 0.904. The number of para-hydroxylation sites is 2. The van der Waals surface area contributed by atoms with Gasteiger partial charge in [0.15, 0.2) is 0 Å². The summed E-state index contributed by atoms with van der Waals surface area (Å²) in [4.78, 5) is 4.65. The fourth-order valence-electron chi connectivity index (χ4n) is 3.20. The zero-order valence-electron chi connectivity index (χ0n) is 11.5. The number of aliphatic imine (C=N–C) groups is 1. The van der Waals surface area contributed by atoms with Crippen LogP contribution in [0.2, 0.25) is 0 Å². The molecule has 2 nitrogen and oxygen atoms in total. The first-order chi connectivity index (χ1) is 9.86. The molecule has 0 saturated heterocycles. The van der Waals surface area contributed by atoms with Gasteiger partial charge in [0.05, 0.1) is 16.9 Å². The second-order valence-electron chi connectivity index (χ2n) is 5.23. The van der Waals surface area contributed by atoms with Crippen LogP contribution in [0, 0.1) is 0 Å². The maximum Gasteiger partial charge on any atom is 0.0708 e. The zero-order chi connectivity index (χ0) is 13.5. The molecule has 0 radical (unpaired) electrons. The molecule has 20 heavy (non-hydrogen) atoms. The molecule has 1 aliphatic rings. The van der Waals surface area contributed by atoms with Crippen molar-refractivity contribution in [2.45, 2.75) is 13.3 Å². The lowest BCUT2D eigenvalue weighted by atomic mass is 10.0. The van der Waals surface area contributed by atoms with Gasteiger partial charge in [-0.05, 0) is 37.1 Å². The molecule has 3 aromatic rings. The van der Waals surface area contributed by atoms with Gasteiger partial charge in [-0.25, -0.2) is 0 Å². The Morgan fingerprint density at radius 3 is 2.55 bits per heavy atom. The number of rotatable bonds is 1. The highest BCUT2D eigenvalue weighted by atomic mass is 15.0. The molecule has 0 saturated carbocycles. The van der Waals surface area contributed by atoms with Crippen LogP contribution in [0.4, 0.5) is 0 Å². The van der Waals surface area contributed by atoms with Crippen molar-refractivity contribution in [3.63, 3.8) is 0 Å². The molecule has 2 aromatic carbocycles. The Labute approximate surface area is 118 Å². The van der Waals surface area contributed by atoms with Crippen molar-refractivity contribution in [1.29, 1.82) is 0 Å². The molecule has 0 spiro atoms. The van der Waals surface area contributed by atoms with E-state index in [-0.39, 0.29) is 0 Å². The normalized spacial score (nSPS) is 14.2. The van der Waals surface area contributed by atoms with E-state index in [1.54, 1.807) is 0 Å². The Kier molecular flexibility index (Phi) is 2.49. The lowest BCUT2D eigenvalue weighted by Crippen LogP contribution is -2.13. The summed E-state index contributed by atoms with van der Waals surface area (Å²) in [5.41, 5.74) is 6.36. The lowest BCUT2D eigenvalue weighted by Gasteiger charge is -2.15. The minimum Gasteiger partial charge on any atom is -0.308 e. The number of nitrogens with zero attached hydrogens (tertiary/aromatic N) is 2. The summed E-state index contributed by atoms with van der Waals surface area (Å²) in [5.74, 6) is 0. The van der Waals surface area contributed by atoms with Gasteiger partial charge in [-0.3, -0.25) is 4.99 Å². The van der Waals surface area contributed by atoms with Crippen LogP contribution < -0.4 is 0 Å². The third kappa shape index (κ3) is 1.54. The molecule has 2 heteroatoms. The van der Waals surface area contributed by atoms with Crippen LogP contribution in [0.3, 0.4) is 0 Å². The Morgan fingerprint density at radius 2 is 1.70 bits per heavy atom. The highest BCUT2D eigenvalue weighted by Gasteiger charge is 2.21. The summed E-state index contributed by atoms with van der Waals surface area (Å²) >= 11 is 0. The molecular weight excluding hydrogens is 244 g/mol. The Hall–Kier alpha value is -2.35. The topological polar surface area (TPSA) is 17.3 Å². The van der Waals surface area contributed by atoms with E-state index >= 15 is 0 Å². The summed E-state index contributed by atoms with van der Waals surface area (Å²) in [6.07, 6.45) is 1.03. The van der Waals surface area contributed by atoms with E-state index in [2.05, 4.69) is 71.1 Å². The van der Waals surface area contributed by atoms with Gasteiger partial charge >= 0.3 is 0 Å². The Balaban J connectivity index is 2.15. The van der Waals surface area contributed by atoms with Crippen molar-refractivity contribution in [3.05, 3.63) is 65.9 Å². The van der Waals surface area contributed by atoms with E-state index < -0.39 is 0 Å². The second-order valence-corrected chi connectivity index (χ2v) is 5.23. The number of fused-ring (bicyclic) bond motifs is 3. The van der Waals surface area contributed by atoms with E-state index in [0.29, 0.717) is 0 Å².